The van der Waals surface area contributed by atoms with Gasteiger partial charge in [-0.25, -0.2) is 4.99 Å². The Morgan fingerprint density at radius 3 is 3.12 bits per heavy atom. The van der Waals surface area contributed by atoms with E-state index in [2.05, 4.69) is 14.7 Å². The third kappa shape index (κ3) is 2.20. The molecule has 3 nitrogen and oxygen atoms in total. The first-order chi connectivity index (χ1) is 7.92. The van der Waals surface area contributed by atoms with Crippen LogP contribution in [0.3, 0.4) is 0 Å². The predicted molar refractivity (Wildman–Crippen MR) is 70.2 cm³/mol. The molecule has 1 saturated carbocycles. The molecule has 3 rings (SSSR count). The Morgan fingerprint density at radius 2 is 2.25 bits per heavy atom. The average molecular weight is 251 g/mol. The molecule has 1 aliphatic heterocycles. The van der Waals surface area contributed by atoms with E-state index in [9.17, 15) is 0 Å². The fraction of sp³-hybridized carbons (Fsp3) is 0.455. The first-order valence-corrected chi connectivity index (χ1v) is 7.24. The summed E-state index contributed by atoms with van der Waals surface area (Å²) >= 11 is 3.51. The van der Waals surface area contributed by atoms with Gasteiger partial charge in [0.15, 0.2) is 5.17 Å². The Labute approximate surface area is 104 Å². The Morgan fingerprint density at radius 1 is 1.38 bits per heavy atom. The minimum Gasteiger partial charge on any atom is -0.305 e. The summed E-state index contributed by atoms with van der Waals surface area (Å²) in [6.07, 6.45) is 9.06. The maximum atomic E-state index is 4.62. The van der Waals surface area contributed by atoms with Gasteiger partial charge in [0.1, 0.15) is 0 Å². The van der Waals surface area contributed by atoms with E-state index < -0.39 is 0 Å². The number of hydrogen-bond donors (Lipinski definition) is 1. The molecule has 0 atom stereocenters. The molecule has 1 aliphatic carbocycles. The number of nitrogens with zero attached hydrogens (tertiary/aromatic N) is 2. The minimum absolute atomic E-state index is 0.759. The number of fused-ring (bicyclic) bond motifs is 1. The predicted octanol–water partition coefficient (Wildman–Crippen LogP) is 3.36. The highest BCUT2D eigenvalue weighted by atomic mass is 32.2. The molecule has 84 valence electrons. The van der Waals surface area contributed by atoms with Crippen molar-refractivity contribution >= 4 is 34.6 Å². The highest BCUT2D eigenvalue weighted by Crippen LogP contribution is 2.36. The molecule has 1 aromatic heterocycles. The van der Waals surface area contributed by atoms with Crippen LogP contribution >= 0.6 is 23.7 Å². The van der Waals surface area contributed by atoms with Crippen molar-refractivity contribution in [2.75, 3.05) is 0 Å². The third-order valence-corrected chi connectivity index (χ3v) is 4.99. The van der Waals surface area contributed by atoms with Crippen molar-refractivity contribution in [3.05, 3.63) is 18.5 Å². The van der Waals surface area contributed by atoms with Crippen LogP contribution in [0.2, 0.25) is 0 Å². The van der Waals surface area contributed by atoms with E-state index in [1.807, 2.05) is 24.0 Å². The highest BCUT2D eigenvalue weighted by Gasteiger charge is 2.20. The van der Waals surface area contributed by atoms with E-state index in [1.54, 1.807) is 18.1 Å². The SMILES string of the molecule is c1cc2c(cn1)SNC(SC1CCCC1)=N2. The Balaban J connectivity index is 1.75. The lowest BCUT2D eigenvalue weighted by Crippen LogP contribution is -2.17. The van der Waals surface area contributed by atoms with Crippen LogP contribution in [0.1, 0.15) is 25.7 Å². The highest BCUT2D eigenvalue weighted by molar-refractivity contribution is 8.16. The van der Waals surface area contributed by atoms with Gasteiger partial charge in [-0.3, -0.25) is 4.98 Å². The fourth-order valence-corrected chi connectivity index (χ4v) is 3.92. The van der Waals surface area contributed by atoms with Crippen molar-refractivity contribution in [1.82, 2.24) is 9.71 Å². The monoisotopic (exact) mass is 251 g/mol. The van der Waals surface area contributed by atoms with Crippen molar-refractivity contribution in [1.29, 1.82) is 0 Å². The normalized spacial score (nSPS) is 20.1. The molecule has 0 amide bonds. The maximum Gasteiger partial charge on any atom is 0.172 e. The van der Waals surface area contributed by atoms with E-state index in [0.717, 1.165) is 21.0 Å². The number of nitrogens with one attached hydrogen (secondary N) is 1. The van der Waals surface area contributed by atoms with Crippen LogP contribution in [-0.2, 0) is 0 Å². The van der Waals surface area contributed by atoms with Crippen LogP contribution in [0.4, 0.5) is 5.69 Å². The van der Waals surface area contributed by atoms with Gasteiger partial charge in [0.2, 0.25) is 0 Å². The first kappa shape index (κ1) is 10.5. The number of aromatic nitrogens is 1. The van der Waals surface area contributed by atoms with Crippen LogP contribution in [0.15, 0.2) is 28.3 Å². The standard InChI is InChI=1S/C11H13N3S2/c1-2-4-8(3-1)15-11-13-9-5-6-12-7-10(9)16-14-11/h5-8H,1-4H2,(H,13,14). The molecule has 2 aliphatic rings. The van der Waals surface area contributed by atoms with Crippen molar-refractivity contribution in [2.45, 2.75) is 35.8 Å². The molecule has 1 fully saturated rings. The second kappa shape index (κ2) is 4.67. The molecule has 0 unspecified atom stereocenters. The van der Waals surface area contributed by atoms with Crippen LogP contribution in [-0.4, -0.2) is 15.4 Å². The molecule has 0 bridgehead atoms. The zero-order valence-corrected chi connectivity index (χ0v) is 10.5. The zero-order chi connectivity index (χ0) is 10.8. The molecule has 0 aromatic carbocycles. The second-order valence-electron chi connectivity index (χ2n) is 3.99. The summed E-state index contributed by atoms with van der Waals surface area (Å²) < 4.78 is 3.29. The van der Waals surface area contributed by atoms with Gasteiger partial charge in [-0.2, -0.15) is 0 Å². The first-order valence-electron chi connectivity index (χ1n) is 5.54. The number of hydrogen-bond acceptors (Lipinski definition) is 5. The lowest BCUT2D eigenvalue weighted by Gasteiger charge is -2.17. The molecule has 0 radical (unpaired) electrons. The van der Waals surface area contributed by atoms with E-state index in [-0.39, 0.29) is 0 Å². The molecular formula is C11H13N3S2. The Hall–Kier alpha value is -0.680. The van der Waals surface area contributed by atoms with Crippen molar-refractivity contribution < 1.29 is 0 Å². The van der Waals surface area contributed by atoms with Gasteiger partial charge in [0.25, 0.3) is 0 Å². The molecule has 1 N–H and O–H groups in total. The molecule has 0 saturated heterocycles. The van der Waals surface area contributed by atoms with Crippen LogP contribution in [0, 0.1) is 0 Å². The van der Waals surface area contributed by atoms with Gasteiger partial charge in [-0.05, 0) is 30.9 Å². The lowest BCUT2D eigenvalue weighted by atomic mass is 10.4. The van der Waals surface area contributed by atoms with E-state index in [0.29, 0.717) is 0 Å². The van der Waals surface area contributed by atoms with Crippen LogP contribution in [0.5, 0.6) is 0 Å². The Bertz CT molecular complexity index is 413. The van der Waals surface area contributed by atoms with Gasteiger partial charge in [-0.15, -0.1) is 0 Å². The average Bonchev–Trinajstić information content (AvgIpc) is 2.82. The summed E-state index contributed by atoms with van der Waals surface area (Å²) in [5, 5.41) is 1.81. The topological polar surface area (TPSA) is 37.3 Å². The fourth-order valence-electron chi connectivity index (χ4n) is 1.99. The molecule has 1 aromatic rings. The largest absolute Gasteiger partial charge is 0.305 e. The summed E-state index contributed by atoms with van der Waals surface area (Å²) in [5.41, 5.74) is 1.04. The molecule has 16 heavy (non-hydrogen) atoms. The number of thioether (sulfide) groups is 1. The quantitative estimate of drug-likeness (QED) is 0.777. The smallest absolute Gasteiger partial charge is 0.172 e. The van der Waals surface area contributed by atoms with Crippen molar-refractivity contribution in [3.8, 4) is 0 Å². The molecular weight excluding hydrogens is 238 g/mol. The summed E-state index contributed by atoms with van der Waals surface area (Å²) in [4.78, 5) is 9.82. The summed E-state index contributed by atoms with van der Waals surface area (Å²) in [6, 6.07) is 1.97. The van der Waals surface area contributed by atoms with Gasteiger partial charge >= 0.3 is 0 Å². The maximum absolute atomic E-state index is 4.62. The Kier molecular flexibility index (Phi) is 3.06. The third-order valence-electron chi connectivity index (χ3n) is 2.81. The number of aliphatic imine (C=N–C) groups is 1. The van der Waals surface area contributed by atoms with Gasteiger partial charge in [0.05, 0.1) is 10.6 Å². The number of rotatable bonds is 1. The second-order valence-corrected chi connectivity index (χ2v) is 6.13. The summed E-state index contributed by atoms with van der Waals surface area (Å²) in [6.45, 7) is 0. The number of amidine groups is 1. The summed E-state index contributed by atoms with van der Waals surface area (Å²) in [7, 11) is 0. The molecule has 0 spiro atoms. The van der Waals surface area contributed by atoms with E-state index in [4.69, 9.17) is 0 Å². The van der Waals surface area contributed by atoms with Gasteiger partial charge in [-0.1, -0.05) is 24.6 Å². The lowest BCUT2D eigenvalue weighted by molar-refractivity contribution is 0.886. The molecule has 2 heterocycles. The van der Waals surface area contributed by atoms with Crippen molar-refractivity contribution in [3.63, 3.8) is 0 Å². The van der Waals surface area contributed by atoms with Crippen LogP contribution in [0.25, 0.3) is 0 Å². The number of pyridine rings is 1. The van der Waals surface area contributed by atoms with E-state index >= 15 is 0 Å². The molecule has 5 heteroatoms. The summed E-state index contributed by atoms with van der Waals surface area (Å²) in [5.74, 6) is 0. The van der Waals surface area contributed by atoms with Gasteiger partial charge < -0.3 is 4.72 Å². The van der Waals surface area contributed by atoms with Crippen molar-refractivity contribution in [2.24, 2.45) is 4.99 Å². The minimum atomic E-state index is 0.759. The van der Waals surface area contributed by atoms with E-state index in [1.165, 1.54) is 25.7 Å². The zero-order valence-electron chi connectivity index (χ0n) is 8.85. The van der Waals surface area contributed by atoms with Gasteiger partial charge in [0, 0.05) is 17.6 Å². The van der Waals surface area contributed by atoms with Crippen LogP contribution < -0.4 is 4.72 Å².